The summed E-state index contributed by atoms with van der Waals surface area (Å²) in [4.78, 5) is 3.65. The summed E-state index contributed by atoms with van der Waals surface area (Å²) in [5, 5.41) is 10.1. The summed E-state index contributed by atoms with van der Waals surface area (Å²) < 4.78 is 0. The van der Waals surface area contributed by atoms with Crippen LogP contribution >= 0.6 is 0 Å². The fourth-order valence-electron chi connectivity index (χ4n) is 0.557. The Morgan fingerprint density at radius 2 is 2.31 bits per heavy atom. The van der Waals surface area contributed by atoms with E-state index < -0.39 is 0 Å². The molecule has 0 aromatic carbocycles. The lowest BCUT2D eigenvalue weighted by atomic mass is 10.4. The Morgan fingerprint density at radius 3 is 2.92 bits per heavy atom. The fourth-order valence-corrected chi connectivity index (χ4v) is 0.557. The maximum atomic E-state index is 7.30. The van der Waals surface area contributed by atoms with Crippen molar-refractivity contribution in [1.82, 2.24) is 5.32 Å². The molecule has 0 amide bonds. The summed E-state index contributed by atoms with van der Waals surface area (Å²) in [6, 6.07) is 0. The van der Waals surface area contributed by atoms with Gasteiger partial charge < -0.3 is 11.1 Å². The number of hydrogen-bond donors (Lipinski definition) is 3. The van der Waals surface area contributed by atoms with E-state index in [-0.39, 0.29) is 0 Å². The van der Waals surface area contributed by atoms with E-state index in [1.54, 1.807) is 30.6 Å². The number of aliphatic imine (C=N–C) groups is 1. The van der Waals surface area contributed by atoms with Gasteiger partial charge in [0.05, 0.1) is 6.34 Å². The van der Waals surface area contributed by atoms with Gasteiger partial charge in [-0.25, -0.2) is 4.99 Å². The van der Waals surface area contributed by atoms with E-state index in [0.29, 0.717) is 12.3 Å². The number of rotatable bonds is 5. The zero-order valence-electron chi connectivity index (χ0n) is 7.40. The maximum absolute atomic E-state index is 7.30. The number of nitrogens with zero attached hydrogens (tertiary/aromatic N) is 1. The van der Waals surface area contributed by atoms with E-state index in [4.69, 9.17) is 11.1 Å². The number of nitrogens with one attached hydrogen (secondary N) is 2. The van der Waals surface area contributed by atoms with E-state index in [2.05, 4.69) is 16.9 Å². The molecule has 0 heterocycles. The minimum atomic E-state index is 0.405. The normalized spacial score (nSPS) is 11.4. The molecule has 0 saturated heterocycles. The highest BCUT2D eigenvalue weighted by molar-refractivity contribution is 5.81. The highest BCUT2D eigenvalue weighted by Crippen LogP contribution is 1.81. The lowest BCUT2D eigenvalue weighted by molar-refractivity contribution is 1.16. The van der Waals surface area contributed by atoms with Crippen LogP contribution in [0.5, 0.6) is 0 Å². The molecule has 0 aromatic heterocycles. The molecule has 4 N–H and O–H groups in total. The zero-order chi connectivity index (χ0) is 9.94. The van der Waals surface area contributed by atoms with E-state index in [9.17, 15) is 0 Å². The molecule has 13 heavy (non-hydrogen) atoms. The second-order valence-electron chi connectivity index (χ2n) is 2.11. The molecule has 0 aromatic rings. The maximum Gasteiger partial charge on any atom is 0.101 e. The van der Waals surface area contributed by atoms with Crippen molar-refractivity contribution in [2.45, 2.75) is 6.42 Å². The van der Waals surface area contributed by atoms with Gasteiger partial charge in [0, 0.05) is 18.8 Å². The number of nitrogens with two attached hydrogens (primary N) is 1. The van der Waals surface area contributed by atoms with Gasteiger partial charge in [0.2, 0.25) is 0 Å². The Bertz CT molecular complexity index is 238. The van der Waals surface area contributed by atoms with Crippen LogP contribution in [0, 0.1) is 5.41 Å². The van der Waals surface area contributed by atoms with Gasteiger partial charge in [0.25, 0.3) is 0 Å². The molecule has 70 valence electrons. The topological polar surface area (TPSA) is 74.3 Å². The average Bonchev–Trinajstić information content (AvgIpc) is 2.11. The Kier molecular flexibility index (Phi) is 7.09. The van der Waals surface area contributed by atoms with Crippen LogP contribution in [0.25, 0.3) is 0 Å². The molecule has 0 fully saturated rings. The van der Waals surface area contributed by atoms with Crippen LogP contribution in [0.3, 0.4) is 0 Å². The van der Waals surface area contributed by atoms with Crippen molar-refractivity contribution in [2.75, 3.05) is 0 Å². The Labute approximate surface area is 78.1 Å². The predicted octanol–water partition coefficient (Wildman–Crippen LogP) is 1.14. The molecule has 0 aliphatic heterocycles. The second kappa shape index (κ2) is 8.26. The first kappa shape index (κ1) is 11.2. The summed E-state index contributed by atoms with van der Waals surface area (Å²) in [6.45, 7) is 3.52. The molecular formula is C9H14N4. The number of allylic oxidation sites excluding steroid dienone is 2. The molecule has 0 radical (unpaired) electrons. The highest BCUT2D eigenvalue weighted by atomic mass is 14.9. The van der Waals surface area contributed by atoms with Gasteiger partial charge in [-0.05, 0) is 12.2 Å². The van der Waals surface area contributed by atoms with Crippen molar-refractivity contribution in [1.29, 1.82) is 5.41 Å². The molecular weight excluding hydrogens is 164 g/mol. The number of hydrogen-bond acceptors (Lipinski definition) is 2. The van der Waals surface area contributed by atoms with Gasteiger partial charge in [-0.3, -0.25) is 5.41 Å². The van der Waals surface area contributed by atoms with Crippen LogP contribution in [0.15, 0.2) is 42.2 Å². The zero-order valence-corrected chi connectivity index (χ0v) is 7.40. The van der Waals surface area contributed by atoms with Crippen LogP contribution in [-0.4, -0.2) is 12.2 Å². The summed E-state index contributed by atoms with van der Waals surface area (Å²) in [5.41, 5.74) is 5.00. The molecule has 4 heteroatoms. The van der Waals surface area contributed by atoms with Crippen LogP contribution in [0.1, 0.15) is 6.42 Å². The van der Waals surface area contributed by atoms with Crippen molar-refractivity contribution in [2.24, 2.45) is 10.7 Å². The fraction of sp³-hybridized carbons (Fsp3) is 0.111. The number of amidine groups is 1. The molecule has 0 unspecified atom stereocenters. The van der Waals surface area contributed by atoms with Gasteiger partial charge in [-0.2, -0.15) is 0 Å². The molecule has 0 aliphatic rings. The second-order valence-corrected chi connectivity index (χ2v) is 2.11. The standard InChI is InChI=1S/C9H14N4/c1-2-5-9(11)13-7-4-3-6-12-8-10/h2-4,6-8H,1,5H2,(H2,10,12)(H2,11,13)/b6-3-,7-4+. The summed E-state index contributed by atoms with van der Waals surface area (Å²) in [7, 11) is 0. The molecule has 0 aliphatic carbocycles. The van der Waals surface area contributed by atoms with E-state index >= 15 is 0 Å². The summed E-state index contributed by atoms with van der Waals surface area (Å²) in [5.74, 6) is 0.405. The van der Waals surface area contributed by atoms with Gasteiger partial charge >= 0.3 is 0 Å². The Balaban J connectivity index is 3.62. The van der Waals surface area contributed by atoms with Gasteiger partial charge in [0.15, 0.2) is 0 Å². The predicted molar refractivity (Wildman–Crippen MR) is 56.6 cm³/mol. The van der Waals surface area contributed by atoms with Crippen molar-refractivity contribution < 1.29 is 0 Å². The van der Waals surface area contributed by atoms with E-state index in [1.165, 1.54) is 6.34 Å². The van der Waals surface area contributed by atoms with Gasteiger partial charge in [-0.15, -0.1) is 6.58 Å². The van der Waals surface area contributed by atoms with E-state index in [0.717, 1.165) is 0 Å². The Morgan fingerprint density at radius 1 is 1.54 bits per heavy atom. The van der Waals surface area contributed by atoms with Crippen molar-refractivity contribution in [3.63, 3.8) is 0 Å². The third-order valence-electron chi connectivity index (χ3n) is 1.07. The minimum Gasteiger partial charge on any atom is -0.390 e. The minimum absolute atomic E-state index is 0.405. The first-order chi connectivity index (χ1) is 6.31. The van der Waals surface area contributed by atoms with Crippen LogP contribution in [-0.2, 0) is 0 Å². The smallest absolute Gasteiger partial charge is 0.101 e. The largest absolute Gasteiger partial charge is 0.390 e. The lowest BCUT2D eigenvalue weighted by Gasteiger charge is -1.96. The van der Waals surface area contributed by atoms with Crippen LogP contribution in [0.2, 0.25) is 0 Å². The molecule has 0 saturated carbocycles. The SMILES string of the molecule is C=CCC(=N)N/C=C/C=C\N=C\N. The van der Waals surface area contributed by atoms with Crippen LogP contribution in [0.4, 0.5) is 0 Å². The van der Waals surface area contributed by atoms with Crippen molar-refractivity contribution >= 4 is 12.2 Å². The average molecular weight is 178 g/mol. The molecule has 4 nitrogen and oxygen atoms in total. The van der Waals surface area contributed by atoms with Crippen molar-refractivity contribution in [3.8, 4) is 0 Å². The third kappa shape index (κ3) is 8.06. The molecule has 0 atom stereocenters. The first-order valence-corrected chi connectivity index (χ1v) is 3.81. The van der Waals surface area contributed by atoms with Crippen LogP contribution < -0.4 is 11.1 Å². The monoisotopic (exact) mass is 178 g/mol. The van der Waals surface area contributed by atoms with Gasteiger partial charge in [0.1, 0.15) is 5.84 Å². The highest BCUT2D eigenvalue weighted by Gasteiger charge is 1.84. The Hall–Kier alpha value is -1.84. The molecule has 0 bridgehead atoms. The quantitative estimate of drug-likeness (QED) is 0.255. The first-order valence-electron chi connectivity index (χ1n) is 3.81. The summed E-state index contributed by atoms with van der Waals surface area (Å²) >= 11 is 0. The van der Waals surface area contributed by atoms with Gasteiger partial charge in [-0.1, -0.05) is 6.08 Å². The third-order valence-corrected chi connectivity index (χ3v) is 1.07. The molecule has 0 spiro atoms. The molecule has 0 rings (SSSR count). The van der Waals surface area contributed by atoms with Crippen molar-refractivity contribution in [3.05, 3.63) is 37.2 Å². The summed E-state index contributed by atoms with van der Waals surface area (Å²) in [6.07, 6.45) is 10.0. The van der Waals surface area contributed by atoms with E-state index in [1.807, 2.05) is 0 Å². The lowest BCUT2D eigenvalue weighted by Crippen LogP contribution is -2.13.